The Kier molecular flexibility index (Phi) is 5.36. The molecule has 0 radical (unpaired) electrons. The highest BCUT2D eigenvalue weighted by Crippen LogP contribution is 2.35. The monoisotopic (exact) mass is 329 g/mol. The van der Waals surface area contributed by atoms with Gasteiger partial charge in [0.15, 0.2) is 5.96 Å². The van der Waals surface area contributed by atoms with Crippen LogP contribution in [0.4, 0.5) is 0 Å². The van der Waals surface area contributed by atoms with E-state index >= 15 is 0 Å². The van der Waals surface area contributed by atoms with E-state index in [0.29, 0.717) is 35.8 Å². The molecule has 116 valence electrons. The third-order valence-corrected chi connectivity index (χ3v) is 4.24. The summed E-state index contributed by atoms with van der Waals surface area (Å²) < 4.78 is 5.31. The van der Waals surface area contributed by atoms with E-state index in [-0.39, 0.29) is 5.41 Å². The van der Waals surface area contributed by atoms with Crippen molar-refractivity contribution < 1.29 is 4.74 Å². The first-order valence-electron chi connectivity index (χ1n) is 6.99. The summed E-state index contributed by atoms with van der Waals surface area (Å²) in [6.45, 7) is 7.60. The Morgan fingerprint density at radius 1 is 1.29 bits per heavy atom. The summed E-state index contributed by atoms with van der Waals surface area (Å²) in [5.41, 5.74) is 6.69. The predicted octanol–water partition coefficient (Wildman–Crippen LogP) is 2.92. The second-order valence-electron chi connectivity index (χ2n) is 5.75. The van der Waals surface area contributed by atoms with Crippen LogP contribution in [0.3, 0.4) is 0 Å². The van der Waals surface area contributed by atoms with E-state index in [1.165, 1.54) is 0 Å². The van der Waals surface area contributed by atoms with Gasteiger partial charge < -0.3 is 15.4 Å². The van der Waals surface area contributed by atoms with Gasteiger partial charge in [-0.25, -0.2) is 0 Å². The van der Waals surface area contributed by atoms with Crippen LogP contribution in [0.2, 0.25) is 10.0 Å². The molecular weight excluding hydrogens is 309 g/mol. The quantitative estimate of drug-likeness (QED) is 0.685. The Balaban J connectivity index is 2.13. The molecule has 0 aliphatic carbocycles. The SMILES string of the molecule is CC(C)(CN=C(N)N1CCOCC1)c1c(Cl)cccc1Cl. The molecule has 0 atom stereocenters. The zero-order valence-electron chi connectivity index (χ0n) is 12.4. The molecule has 1 fully saturated rings. The molecule has 0 saturated carbocycles. The first kappa shape index (κ1) is 16.4. The number of morpholine rings is 1. The van der Waals surface area contributed by atoms with Crippen molar-refractivity contribution in [3.63, 3.8) is 0 Å². The fourth-order valence-corrected chi connectivity index (χ4v) is 3.30. The standard InChI is InChI=1S/C15H21Cl2N3O/c1-15(2,13-11(16)4-3-5-12(13)17)10-19-14(18)20-6-8-21-9-7-20/h3-5H,6-10H2,1-2H3,(H2,18,19). The summed E-state index contributed by atoms with van der Waals surface area (Å²) in [4.78, 5) is 6.56. The normalized spacial score (nSPS) is 17.1. The number of nitrogens with zero attached hydrogens (tertiary/aromatic N) is 2. The highest BCUT2D eigenvalue weighted by Gasteiger charge is 2.26. The van der Waals surface area contributed by atoms with Crippen molar-refractivity contribution in [1.82, 2.24) is 4.90 Å². The zero-order chi connectivity index (χ0) is 15.5. The number of halogens is 2. The Morgan fingerprint density at radius 3 is 2.43 bits per heavy atom. The van der Waals surface area contributed by atoms with Crippen molar-refractivity contribution in [2.45, 2.75) is 19.3 Å². The van der Waals surface area contributed by atoms with Crippen molar-refractivity contribution >= 4 is 29.2 Å². The van der Waals surface area contributed by atoms with Crippen LogP contribution < -0.4 is 5.73 Å². The number of ether oxygens (including phenoxy) is 1. The van der Waals surface area contributed by atoms with Gasteiger partial charge in [-0.3, -0.25) is 4.99 Å². The molecule has 1 heterocycles. The lowest BCUT2D eigenvalue weighted by Gasteiger charge is -2.29. The van der Waals surface area contributed by atoms with Gasteiger partial charge in [0, 0.05) is 28.5 Å². The molecule has 0 aromatic heterocycles. The molecule has 1 aromatic carbocycles. The number of hydrogen-bond acceptors (Lipinski definition) is 2. The fourth-order valence-electron chi connectivity index (χ4n) is 2.39. The van der Waals surface area contributed by atoms with Crippen LogP contribution in [0, 0.1) is 0 Å². The Labute approximate surface area is 135 Å². The third kappa shape index (κ3) is 4.02. The lowest BCUT2D eigenvalue weighted by Crippen LogP contribution is -2.45. The van der Waals surface area contributed by atoms with Crippen LogP contribution in [0.5, 0.6) is 0 Å². The molecule has 0 unspecified atom stereocenters. The van der Waals surface area contributed by atoms with Crippen molar-refractivity contribution in [1.29, 1.82) is 0 Å². The molecule has 21 heavy (non-hydrogen) atoms. The molecule has 0 bridgehead atoms. The van der Waals surface area contributed by atoms with E-state index in [1.807, 2.05) is 23.1 Å². The minimum atomic E-state index is -0.285. The smallest absolute Gasteiger partial charge is 0.191 e. The van der Waals surface area contributed by atoms with E-state index in [1.54, 1.807) is 0 Å². The first-order chi connectivity index (χ1) is 9.92. The van der Waals surface area contributed by atoms with E-state index in [0.717, 1.165) is 18.7 Å². The van der Waals surface area contributed by atoms with Gasteiger partial charge in [0.05, 0.1) is 19.8 Å². The van der Waals surface area contributed by atoms with Gasteiger partial charge in [-0.2, -0.15) is 0 Å². The van der Waals surface area contributed by atoms with Gasteiger partial charge in [0.2, 0.25) is 0 Å². The molecular formula is C15H21Cl2N3O. The molecule has 0 amide bonds. The molecule has 2 N–H and O–H groups in total. The zero-order valence-corrected chi connectivity index (χ0v) is 13.9. The molecule has 4 nitrogen and oxygen atoms in total. The van der Waals surface area contributed by atoms with Crippen LogP contribution >= 0.6 is 23.2 Å². The second kappa shape index (κ2) is 6.86. The average Bonchev–Trinajstić information content (AvgIpc) is 2.45. The van der Waals surface area contributed by atoms with Gasteiger partial charge in [0.25, 0.3) is 0 Å². The number of nitrogens with two attached hydrogens (primary N) is 1. The minimum absolute atomic E-state index is 0.285. The van der Waals surface area contributed by atoms with Gasteiger partial charge in [-0.1, -0.05) is 43.1 Å². The number of rotatable bonds is 3. The van der Waals surface area contributed by atoms with Crippen LogP contribution in [-0.4, -0.2) is 43.7 Å². The van der Waals surface area contributed by atoms with Crippen molar-refractivity contribution in [2.24, 2.45) is 10.7 Å². The van der Waals surface area contributed by atoms with E-state index in [4.69, 9.17) is 33.7 Å². The third-order valence-electron chi connectivity index (χ3n) is 3.61. The van der Waals surface area contributed by atoms with Crippen molar-refractivity contribution in [2.75, 3.05) is 32.8 Å². The Morgan fingerprint density at radius 2 is 1.86 bits per heavy atom. The van der Waals surface area contributed by atoms with Crippen LogP contribution in [-0.2, 0) is 10.2 Å². The highest BCUT2D eigenvalue weighted by molar-refractivity contribution is 6.36. The predicted molar refractivity (Wildman–Crippen MR) is 88.4 cm³/mol. The number of benzene rings is 1. The molecule has 1 aromatic rings. The van der Waals surface area contributed by atoms with E-state index < -0.39 is 0 Å². The number of guanidine groups is 1. The summed E-state index contributed by atoms with van der Waals surface area (Å²) in [7, 11) is 0. The lowest BCUT2D eigenvalue weighted by molar-refractivity contribution is 0.0674. The largest absolute Gasteiger partial charge is 0.378 e. The Bertz CT molecular complexity index is 505. The van der Waals surface area contributed by atoms with Crippen LogP contribution in [0.25, 0.3) is 0 Å². The van der Waals surface area contributed by atoms with Gasteiger partial charge in [-0.05, 0) is 17.7 Å². The minimum Gasteiger partial charge on any atom is -0.378 e. The van der Waals surface area contributed by atoms with Gasteiger partial charge in [0.1, 0.15) is 0 Å². The second-order valence-corrected chi connectivity index (χ2v) is 6.57. The number of hydrogen-bond donors (Lipinski definition) is 1. The lowest BCUT2D eigenvalue weighted by atomic mass is 9.84. The average molecular weight is 330 g/mol. The summed E-state index contributed by atoms with van der Waals surface area (Å²) in [6, 6.07) is 5.54. The molecule has 0 spiro atoms. The van der Waals surface area contributed by atoms with E-state index in [9.17, 15) is 0 Å². The maximum Gasteiger partial charge on any atom is 0.191 e. The summed E-state index contributed by atoms with van der Waals surface area (Å²) in [5, 5.41) is 1.32. The fraction of sp³-hybridized carbons (Fsp3) is 0.533. The highest BCUT2D eigenvalue weighted by atomic mass is 35.5. The van der Waals surface area contributed by atoms with Gasteiger partial charge >= 0.3 is 0 Å². The number of aliphatic imine (C=N–C) groups is 1. The molecule has 1 aliphatic heterocycles. The molecule has 6 heteroatoms. The topological polar surface area (TPSA) is 50.8 Å². The van der Waals surface area contributed by atoms with E-state index in [2.05, 4.69) is 18.8 Å². The summed E-state index contributed by atoms with van der Waals surface area (Å²) >= 11 is 12.6. The van der Waals surface area contributed by atoms with Crippen molar-refractivity contribution in [3.05, 3.63) is 33.8 Å². The molecule has 1 aliphatic rings. The maximum atomic E-state index is 6.29. The summed E-state index contributed by atoms with van der Waals surface area (Å²) in [6.07, 6.45) is 0. The van der Waals surface area contributed by atoms with Crippen LogP contribution in [0.15, 0.2) is 23.2 Å². The molecule has 2 rings (SSSR count). The Hall–Kier alpha value is -0.970. The summed E-state index contributed by atoms with van der Waals surface area (Å²) in [5.74, 6) is 0.551. The molecule has 1 saturated heterocycles. The first-order valence-corrected chi connectivity index (χ1v) is 7.74. The van der Waals surface area contributed by atoms with Crippen LogP contribution in [0.1, 0.15) is 19.4 Å². The maximum absolute atomic E-state index is 6.29. The van der Waals surface area contributed by atoms with Gasteiger partial charge in [-0.15, -0.1) is 0 Å². The van der Waals surface area contributed by atoms with Crippen molar-refractivity contribution in [3.8, 4) is 0 Å².